The van der Waals surface area contributed by atoms with E-state index in [0.29, 0.717) is 22.9 Å². The fourth-order valence-electron chi connectivity index (χ4n) is 2.18. The molecular weight excluding hydrogens is 291 g/mol. The number of tetrazole rings is 1. The second kappa shape index (κ2) is 5.42. The van der Waals surface area contributed by atoms with Crippen LogP contribution in [0.25, 0.3) is 5.76 Å². The molecule has 0 aliphatic carbocycles. The van der Waals surface area contributed by atoms with Gasteiger partial charge in [0.05, 0.1) is 10.7 Å². The summed E-state index contributed by atoms with van der Waals surface area (Å²) < 4.78 is 7.10. The number of fused-ring (bicyclic) bond motifs is 1. The number of hydrogen-bond acceptors (Lipinski definition) is 7. The zero-order chi connectivity index (χ0) is 15.0. The molecule has 3 rings (SSSR count). The van der Waals surface area contributed by atoms with Gasteiger partial charge < -0.3 is 14.8 Å². The SMILES string of the molecule is C=C(O)c1cccc2c1OB(O)[C@@H](Sc1nnnn1C)C2. The summed E-state index contributed by atoms with van der Waals surface area (Å²) >= 11 is 1.35. The fraction of sp³-hybridized carbons (Fsp3) is 0.250. The maximum Gasteiger partial charge on any atom is 0.537 e. The molecule has 21 heavy (non-hydrogen) atoms. The summed E-state index contributed by atoms with van der Waals surface area (Å²) in [4.78, 5) is 0. The number of para-hydroxylation sites is 1. The number of thioether (sulfide) groups is 1. The lowest BCUT2D eigenvalue weighted by Gasteiger charge is -2.27. The highest BCUT2D eigenvalue weighted by atomic mass is 32.2. The standard InChI is InChI=1S/C12H13BN4O3S/c1-7(18)9-5-3-4-8-6-10(13(19)20-11(8)9)21-12-14-15-16-17(12)2/h3-5,10,18-19H,1,6H2,2H3/t10-/m0/s1. The molecule has 2 N–H and O–H groups in total. The van der Waals surface area contributed by atoms with Gasteiger partial charge in [0, 0.05) is 7.05 Å². The third-order valence-corrected chi connectivity index (χ3v) is 4.48. The van der Waals surface area contributed by atoms with Crippen LogP contribution in [0.4, 0.5) is 0 Å². The van der Waals surface area contributed by atoms with Crippen molar-refractivity contribution in [2.45, 2.75) is 16.7 Å². The molecule has 0 radical (unpaired) electrons. The highest BCUT2D eigenvalue weighted by molar-refractivity contribution is 8.01. The zero-order valence-corrected chi connectivity index (χ0v) is 12.1. The van der Waals surface area contributed by atoms with Crippen molar-refractivity contribution in [1.82, 2.24) is 20.2 Å². The Bertz CT molecular complexity index is 693. The summed E-state index contributed by atoms with van der Waals surface area (Å²) in [6.45, 7) is 3.51. The van der Waals surface area contributed by atoms with Crippen LogP contribution in [0.15, 0.2) is 29.9 Å². The Kier molecular flexibility index (Phi) is 3.60. The van der Waals surface area contributed by atoms with Crippen molar-refractivity contribution in [1.29, 1.82) is 0 Å². The van der Waals surface area contributed by atoms with Gasteiger partial charge in [-0.25, -0.2) is 4.68 Å². The Balaban J connectivity index is 1.87. The van der Waals surface area contributed by atoms with Gasteiger partial charge in [0.2, 0.25) is 5.16 Å². The number of aryl methyl sites for hydroxylation is 1. The van der Waals surface area contributed by atoms with Crippen LogP contribution in [-0.2, 0) is 13.5 Å². The Morgan fingerprint density at radius 3 is 3.05 bits per heavy atom. The van der Waals surface area contributed by atoms with Gasteiger partial charge in [-0.3, -0.25) is 0 Å². The summed E-state index contributed by atoms with van der Waals surface area (Å²) in [5.74, 6) is 0.396. The van der Waals surface area contributed by atoms with Crippen molar-refractivity contribution in [3.63, 3.8) is 0 Å². The van der Waals surface area contributed by atoms with E-state index in [9.17, 15) is 10.1 Å². The fourth-order valence-corrected chi connectivity index (χ4v) is 3.16. The Morgan fingerprint density at radius 2 is 2.38 bits per heavy atom. The van der Waals surface area contributed by atoms with Gasteiger partial charge in [0.25, 0.3) is 0 Å². The molecule has 1 aliphatic heterocycles. The summed E-state index contributed by atoms with van der Waals surface area (Å²) in [6, 6.07) is 5.42. The molecule has 0 unspecified atom stereocenters. The van der Waals surface area contributed by atoms with Gasteiger partial charge in [-0.1, -0.05) is 30.5 Å². The van der Waals surface area contributed by atoms with Crippen molar-refractivity contribution in [2.75, 3.05) is 0 Å². The lowest BCUT2D eigenvalue weighted by Crippen LogP contribution is -2.40. The van der Waals surface area contributed by atoms with Crippen LogP contribution in [0.1, 0.15) is 11.1 Å². The molecule has 1 aromatic heterocycles. The molecular formula is C12H13BN4O3S. The van der Waals surface area contributed by atoms with E-state index in [4.69, 9.17) is 4.65 Å². The molecule has 1 aliphatic rings. The maximum absolute atomic E-state index is 10.2. The number of aliphatic hydroxyl groups is 1. The van der Waals surface area contributed by atoms with Crippen LogP contribution < -0.4 is 4.65 Å². The topological polar surface area (TPSA) is 93.3 Å². The van der Waals surface area contributed by atoms with E-state index in [1.807, 2.05) is 12.1 Å². The van der Waals surface area contributed by atoms with Crippen LogP contribution in [-0.4, -0.2) is 42.6 Å². The number of aliphatic hydroxyl groups excluding tert-OH is 1. The number of nitrogens with zero attached hydrogens (tertiary/aromatic N) is 4. The highest BCUT2D eigenvalue weighted by Crippen LogP contribution is 2.37. The van der Waals surface area contributed by atoms with Crippen LogP contribution in [0.2, 0.25) is 0 Å². The summed E-state index contributed by atoms with van der Waals surface area (Å²) in [7, 11) is 0.722. The quantitative estimate of drug-likeness (QED) is 0.641. The highest BCUT2D eigenvalue weighted by Gasteiger charge is 2.37. The Labute approximate surface area is 125 Å². The van der Waals surface area contributed by atoms with Crippen LogP contribution in [0, 0.1) is 0 Å². The Morgan fingerprint density at radius 1 is 1.57 bits per heavy atom. The molecule has 2 heterocycles. The predicted octanol–water partition coefficient (Wildman–Crippen LogP) is 0.854. The lowest BCUT2D eigenvalue weighted by molar-refractivity contribution is 0.392. The Hall–Kier alpha value is -2.00. The average molecular weight is 304 g/mol. The predicted molar refractivity (Wildman–Crippen MR) is 78.9 cm³/mol. The van der Waals surface area contributed by atoms with Gasteiger partial charge in [0.15, 0.2) is 0 Å². The van der Waals surface area contributed by atoms with Crippen LogP contribution in [0.3, 0.4) is 0 Å². The smallest absolute Gasteiger partial charge is 0.535 e. The summed E-state index contributed by atoms with van der Waals surface area (Å²) in [6.07, 6.45) is 0.579. The third kappa shape index (κ3) is 2.61. The normalized spacial score (nSPS) is 17.2. The van der Waals surface area contributed by atoms with E-state index >= 15 is 0 Å². The average Bonchev–Trinajstić information content (AvgIpc) is 2.84. The van der Waals surface area contributed by atoms with Crippen molar-refractivity contribution in [2.24, 2.45) is 7.05 Å². The minimum absolute atomic E-state index is 0.0809. The first kappa shape index (κ1) is 14.0. The van der Waals surface area contributed by atoms with Crippen molar-refractivity contribution >= 4 is 24.6 Å². The maximum atomic E-state index is 10.2. The van der Waals surface area contributed by atoms with E-state index in [0.717, 1.165) is 5.56 Å². The largest absolute Gasteiger partial charge is 0.537 e. The number of hydrogen-bond donors (Lipinski definition) is 2. The number of benzene rings is 1. The molecule has 0 spiro atoms. The molecule has 1 atom stereocenters. The first-order chi connectivity index (χ1) is 10.1. The van der Waals surface area contributed by atoms with Crippen LogP contribution in [0.5, 0.6) is 5.75 Å². The first-order valence-electron chi connectivity index (χ1n) is 6.30. The molecule has 0 amide bonds. The van der Waals surface area contributed by atoms with E-state index < -0.39 is 7.12 Å². The molecule has 2 aromatic rings. The molecule has 108 valence electrons. The summed E-state index contributed by atoms with van der Waals surface area (Å²) in [5.41, 5.74) is 1.40. The van der Waals surface area contributed by atoms with Gasteiger partial charge >= 0.3 is 7.12 Å². The molecule has 9 heteroatoms. The number of rotatable bonds is 3. The zero-order valence-electron chi connectivity index (χ0n) is 11.3. The van der Waals surface area contributed by atoms with Gasteiger partial charge in [-0.05, 0) is 28.5 Å². The second-order valence-corrected chi connectivity index (χ2v) is 5.90. The number of aromatic nitrogens is 4. The minimum Gasteiger partial charge on any atom is -0.535 e. The van der Waals surface area contributed by atoms with E-state index in [-0.39, 0.29) is 10.9 Å². The summed E-state index contributed by atoms with van der Waals surface area (Å²) in [5, 5.41) is 31.4. The molecule has 1 aromatic carbocycles. The van der Waals surface area contributed by atoms with E-state index in [1.165, 1.54) is 11.8 Å². The van der Waals surface area contributed by atoms with Crippen molar-refractivity contribution in [3.05, 3.63) is 35.9 Å². The van der Waals surface area contributed by atoms with Gasteiger partial charge in [-0.2, -0.15) is 0 Å². The second-order valence-electron chi connectivity index (χ2n) is 4.69. The van der Waals surface area contributed by atoms with E-state index in [1.54, 1.807) is 17.8 Å². The van der Waals surface area contributed by atoms with Crippen molar-refractivity contribution in [3.8, 4) is 5.75 Å². The molecule has 0 bridgehead atoms. The molecule has 0 saturated heterocycles. The lowest BCUT2D eigenvalue weighted by atomic mass is 9.77. The molecule has 0 fully saturated rings. The van der Waals surface area contributed by atoms with Crippen molar-refractivity contribution < 1.29 is 14.8 Å². The van der Waals surface area contributed by atoms with Crippen LogP contribution >= 0.6 is 11.8 Å². The first-order valence-corrected chi connectivity index (χ1v) is 7.18. The third-order valence-electron chi connectivity index (χ3n) is 3.22. The monoisotopic (exact) mass is 304 g/mol. The molecule has 7 nitrogen and oxygen atoms in total. The minimum atomic E-state index is -1.01. The molecule has 0 saturated carbocycles. The van der Waals surface area contributed by atoms with E-state index in [2.05, 4.69) is 22.1 Å². The van der Waals surface area contributed by atoms with Gasteiger partial charge in [-0.15, -0.1) is 5.10 Å². The van der Waals surface area contributed by atoms with Gasteiger partial charge in [0.1, 0.15) is 11.5 Å².